The van der Waals surface area contributed by atoms with Gasteiger partial charge in [-0.05, 0) is 44.2 Å². The van der Waals surface area contributed by atoms with Gasteiger partial charge < -0.3 is 24.9 Å². The van der Waals surface area contributed by atoms with E-state index in [1.54, 1.807) is 19.1 Å². The molecule has 0 aliphatic rings. The molecule has 2 aromatic rings. The SMILES string of the molecule is CCNC(=NCC(C)(O)c1ccco1)NCCOc1cccc(C(F)(F)F)c1. The summed E-state index contributed by atoms with van der Waals surface area (Å²) in [6, 6.07) is 8.07. The molecule has 0 aliphatic carbocycles. The van der Waals surface area contributed by atoms with Gasteiger partial charge in [-0.15, -0.1) is 0 Å². The second kappa shape index (κ2) is 9.50. The first-order chi connectivity index (χ1) is 13.2. The van der Waals surface area contributed by atoms with Crippen LogP contribution >= 0.6 is 0 Å². The number of guanidine groups is 1. The Kier molecular flexibility index (Phi) is 7.33. The number of ether oxygens (including phenoxy) is 1. The van der Waals surface area contributed by atoms with Gasteiger partial charge >= 0.3 is 6.18 Å². The van der Waals surface area contributed by atoms with Gasteiger partial charge in [-0.25, -0.2) is 4.99 Å². The van der Waals surface area contributed by atoms with E-state index in [1.165, 1.54) is 18.4 Å². The van der Waals surface area contributed by atoms with Gasteiger partial charge in [-0.2, -0.15) is 13.2 Å². The average Bonchev–Trinajstić information content (AvgIpc) is 3.18. The monoisotopic (exact) mass is 399 g/mol. The number of alkyl halides is 3. The van der Waals surface area contributed by atoms with Gasteiger partial charge in [0.05, 0.1) is 24.9 Å². The minimum Gasteiger partial charge on any atom is -0.492 e. The highest BCUT2D eigenvalue weighted by Crippen LogP contribution is 2.31. The molecular formula is C19H24F3N3O3. The standard InChI is InChI=1S/C19H24F3N3O3/c1-3-23-17(25-13-18(2,26)16-8-5-10-28-16)24-9-11-27-15-7-4-6-14(12-15)19(20,21)22/h4-8,10,12,26H,3,9,11,13H2,1-2H3,(H2,23,24,25). The summed E-state index contributed by atoms with van der Waals surface area (Å²) >= 11 is 0. The number of furan rings is 1. The third-order valence-electron chi connectivity index (χ3n) is 3.77. The molecule has 0 saturated carbocycles. The quantitative estimate of drug-likeness (QED) is 0.361. The Labute approximate surface area is 161 Å². The third-order valence-corrected chi connectivity index (χ3v) is 3.77. The Bertz CT molecular complexity index is 759. The molecule has 0 amide bonds. The predicted molar refractivity (Wildman–Crippen MR) is 99.2 cm³/mol. The molecule has 1 atom stereocenters. The van der Waals surface area contributed by atoms with Crippen LogP contribution in [0.2, 0.25) is 0 Å². The first kappa shape index (κ1) is 21.6. The van der Waals surface area contributed by atoms with Gasteiger partial charge in [0, 0.05) is 6.54 Å². The number of hydrogen-bond acceptors (Lipinski definition) is 4. The van der Waals surface area contributed by atoms with Crippen LogP contribution in [0.4, 0.5) is 13.2 Å². The van der Waals surface area contributed by atoms with Crippen LogP contribution < -0.4 is 15.4 Å². The fraction of sp³-hybridized carbons (Fsp3) is 0.421. The lowest BCUT2D eigenvalue weighted by molar-refractivity contribution is -0.137. The molecule has 0 aliphatic heterocycles. The molecule has 0 fully saturated rings. The highest BCUT2D eigenvalue weighted by atomic mass is 19.4. The number of nitrogens with zero attached hydrogens (tertiary/aromatic N) is 1. The van der Waals surface area contributed by atoms with E-state index < -0.39 is 17.3 Å². The van der Waals surface area contributed by atoms with Crippen molar-refractivity contribution in [3.8, 4) is 5.75 Å². The summed E-state index contributed by atoms with van der Waals surface area (Å²) in [5, 5.41) is 16.5. The highest BCUT2D eigenvalue weighted by molar-refractivity contribution is 5.79. The van der Waals surface area contributed by atoms with E-state index in [2.05, 4.69) is 15.6 Å². The lowest BCUT2D eigenvalue weighted by atomic mass is 10.0. The van der Waals surface area contributed by atoms with Crippen LogP contribution in [0.25, 0.3) is 0 Å². The van der Waals surface area contributed by atoms with E-state index in [1.807, 2.05) is 6.92 Å². The Balaban J connectivity index is 1.86. The third kappa shape index (κ3) is 6.49. The summed E-state index contributed by atoms with van der Waals surface area (Å²) in [7, 11) is 0. The maximum Gasteiger partial charge on any atom is 0.416 e. The van der Waals surface area contributed by atoms with Crippen LogP contribution in [-0.4, -0.2) is 37.3 Å². The van der Waals surface area contributed by atoms with Crippen LogP contribution in [-0.2, 0) is 11.8 Å². The van der Waals surface area contributed by atoms with Gasteiger partial charge in [-0.1, -0.05) is 6.07 Å². The van der Waals surface area contributed by atoms with Crippen LogP contribution in [0.15, 0.2) is 52.1 Å². The summed E-state index contributed by atoms with van der Waals surface area (Å²) < 4.78 is 48.7. The zero-order chi connectivity index (χ0) is 20.6. The van der Waals surface area contributed by atoms with Crippen LogP contribution in [0.1, 0.15) is 25.2 Å². The largest absolute Gasteiger partial charge is 0.492 e. The van der Waals surface area contributed by atoms with Gasteiger partial charge in [-0.3, -0.25) is 0 Å². The summed E-state index contributed by atoms with van der Waals surface area (Å²) in [4.78, 5) is 4.31. The van der Waals surface area contributed by atoms with Crippen molar-refractivity contribution in [3.63, 3.8) is 0 Å². The van der Waals surface area contributed by atoms with Gasteiger partial charge in [0.25, 0.3) is 0 Å². The average molecular weight is 399 g/mol. The van der Waals surface area contributed by atoms with E-state index in [9.17, 15) is 18.3 Å². The number of halogens is 3. The molecule has 1 heterocycles. The molecule has 0 saturated heterocycles. The number of rotatable bonds is 8. The molecule has 0 bridgehead atoms. The van der Waals surface area contributed by atoms with E-state index in [0.717, 1.165) is 12.1 Å². The van der Waals surface area contributed by atoms with E-state index in [-0.39, 0.29) is 18.9 Å². The minimum absolute atomic E-state index is 0.0599. The fourth-order valence-corrected chi connectivity index (χ4v) is 2.34. The topological polar surface area (TPSA) is 79.0 Å². The van der Waals surface area contributed by atoms with Crippen molar-refractivity contribution in [2.45, 2.75) is 25.6 Å². The van der Waals surface area contributed by atoms with Crippen molar-refractivity contribution in [2.75, 3.05) is 26.2 Å². The first-order valence-electron chi connectivity index (χ1n) is 8.81. The zero-order valence-corrected chi connectivity index (χ0v) is 15.7. The molecule has 6 nitrogen and oxygen atoms in total. The molecule has 0 radical (unpaired) electrons. The first-order valence-corrected chi connectivity index (χ1v) is 8.81. The smallest absolute Gasteiger partial charge is 0.416 e. The van der Waals surface area contributed by atoms with Crippen molar-refractivity contribution >= 4 is 5.96 Å². The molecule has 1 aromatic carbocycles. The molecule has 9 heteroatoms. The number of benzene rings is 1. The molecule has 28 heavy (non-hydrogen) atoms. The number of nitrogens with one attached hydrogen (secondary N) is 2. The lowest BCUT2D eigenvalue weighted by Gasteiger charge is -2.19. The Morgan fingerprint density at radius 3 is 2.64 bits per heavy atom. The maximum atomic E-state index is 12.7. The van der Waals surface area contributed by atoms with Crippen molar-refractivity contribution in [2.24, 2.45) is 4.99 Å². The molecule has 2 rings (SSSR count). The Hall–Kier alpha value is -2.68. The summed E-state index contributed by atoms with van der Waals surface area (Å²) in [5.41, 5.74) is -2.02. The maximum absolute atomic E-state index is 12.7. The van der Waals surface area contributed by atoms with Crippen LogP contribution in [0.3, 0.4) is 0 Å². The van der Waals surface area contributed by atoms with Crippen molar-refractivity contribution in [3.05, 3.63) is 54.0 Å². The van der Waals surface area contributed by atoms with Crippen LogP contribution in [0.5, 0.6) is 5.75 Å². The summed E-state index contributed by atoms with van der Waals surface area (Å²) in [5.74, 6) is 0.987. The van der Waals surface area contributed by atoms with Crippen molar-refractivity contribution < 1.29 is 27.4 Å². The number of aliphatic hydroxyl groups is 1. The molecule has 3 N–H and O–H groups in total. The van der Waals surface area contributed by atoms with Gasteiger partial charge in [0.15, 0.2) is 5.96 Å². The Morgan fingerprint density at radius 2 is 2.00 bits per heavy atom. The summed E-state index contributed by atoms with van der Waals surface area (Å²) in [6.07, 6.45) is -2.93. The van der Waals surface area contributed by atoms with Crippen molar-refractivity contribution in [1.29, 1.82) is 0 Å². The summed E-state index contributed by atoms with van der Waals surface area (Å²) in [6.45, 7) is 4.59. The molecule has 0 spiro atoms. The predicted octanol–water partition coefficient (Wildman–Crippen LogP) is 3.14. The van der Waals surface area contributed by atoms with Crippen LogP contribution in [0, 0.1) is 0 Å². The molecule has 1 aromatic heterocycles. The van der Waals surface area contributed by atoms with Crippen molar-refractivity contribution in [1.82, 2.24) is 10.6 Å². The number of hydrogen-bond donors (Lipinski definition) is 3. The van der Waals surface area contributed by atoms with Gasteiger partial charge in [0.1, 0.15) is 23.7 Å². The lowest BCUT2D eigenvalue weighted by Crippen LogP contribution is -2.40. The van der Waals surface area contributed by atoms with E-state index in [4.69, 9.17) is 9.15 Å². The second-order valence-electron chi connectivity index (χ2n) is 6.25. The molecular weight excluding hydrogens is 375 g/mol. The normalized spacial score (nSPS) is 14.4. The molecule has 154 valence electrons. The Morgan fingerprint density at radius 1 is 1.21 bits per heavy atom. The second-order valence-corrected chi connectivity index (χ2v) is 6.25. The highest BCUT2D eigenvalue weighted by Gasteiger charge is 2.30. The zero-order valence-electron chi connectivity index (χ0n) is 15.7. The fourth-order valence-electron chi connectivity index (χ4n) is 2.34. The van der Waals surface area contributed by atoms with E-state index >= 15 is 0 Å². The van der Waals surface area contributed by atoms with Gasteiger partial charge in [0.2, 0.25) is 0 Å². The minimum atomic E-state index is -4.41. The molecule has 1 unspecified atom stereocenters. The van der Waals surface area contributed by atoms with E-state index in [0.29, 0.717) is 24.8 Å². The number of aliphatic imine (C=N–C) groups is 1.